The Morgan fingerprint density at radius 2 is 2.11 bits per heavy atom. The highest BCUT2D eigenvalue weighted by molar-refractivity contribution is 5.22. The van der Waals surface area contributed by atoms with Crippen molar-refractivity contribution in [3.63, 3.8) is 0 Å². The normalized spacial score (nSPS) is 39.3. The maximum absolute atomic E-state index is 6.30. The fraction of sp³-hybridized carbons (Fsp3) is 0.647. The smallest absolute Gasteiger partial charge is 0.0108 e. The van der Waals surface area contributed by atoms with Crippen molar-refractivity contribution in [3.8, 4) is 0 Å². The van der Waals surface area contributed by atoms with Crippen LogP contribution in [-0.2, 0) is 0 Å². The fourth-order valence-electron chi connectivity index (χ4n) is 3.97. The summed E-state index contributed by atoms with van der Waals surface area (Å²) in [5.74, 6) is 2.40. The average Bonchev–Trinajstić information content (AvgIpc) is 2.41. The van der Waals surface area contributed by atoms with Crippen LogP contribution in [0.1, 0.15) is 44.9 Å². The van der Waals surface area contributed by atoms with E-state index in [2.05, 4.69) is 30.4 Å². The van der Waals surface area contributed by atoms with Crippen molar-refractivity contribution in [1.82, 2.24) is 0 Å². The first kappa shape index (κ1) is 12.2. The standard InChI is InChI=1S/C17H25N/c18-17-8-4-7-15-10-9-14(12-16(15)17)11-13-5-2-1-3-6-13/h2,4-7,14-17H,1,3,8-12,18H2. The molecule has 4 atom stereocenters. The van der Waals surface area contributed by atoms with Gasteiger partial charge in [0.05, 0.1) is 0 Å². The zero-order chi connectivity index (χ0) is 12.4. The number of rotatable bonds is 2. The lowest BCUT2D eigenvalue weighted by Crippen LogP contribution is -2.40. The van der Waals surface area contributed by atoms with E-state index in [1.807, 2.05) is 0 Å². The Labute approximate surface area is 111 Å². The minimum absolute atomic E-state index is 0.415. The van der Waals surface area contributed by atoms with E-state index in [4.69, 9.17) is 5.73 Å². The molecule has 3 aliphatic rings. The van der Waals surface area contributed by atoms with Gasteiger partial charge in [-0.2, -0.15) is 0 Å². The molecule has 1 heteroatoms. The molecule has 0 aromatic heterocycles. The van der Waals surface area contributed by atoms with Crippen LogP contribution in [0.25, 0.3) is 0 Å². The largest absolute Gasteiger partial charge is 0.327 e. The molecule has 98 valence electrons. The summed E-state index contributed by atoms with van der Waals surface area (Å²) in [5.41, 5.74) is 7.88. The molecule has 3 aliphatic carbocycles. The van der Waals surface area contributed by atoms with Gasteiger partial charge in [0.1, 0.15) is 0 Å². The van der Waals surface area contributed by atoms with Gasteiger partial charge in [0, 0.05) is 6.04 Å². The average molecular weight is 243 g/mol. The van der Waals surface area contributed by atoms with Gasteiger partial charge in [-0.3, -0.25) is 0 Å². The molecule has 0 bridgehead atoms. The maximum atomic E-state index is 6.30. The predicted octanol–water partition coefficient (Wildman–Crippen LogP) is 3.97. The van der Waals surface area contributed by atoms with Gasteiger partial charge < -0.3 is 5.73 Å². The highest BCUT2D eigenvalue weighted by atomic mass is 14.7. The van der Waals surface area contributed by atoms with Crippen LogP contribution in [0.5, 0.6) is 0 Å². The molecule has 4 unspecified atom stereocenters. The van der Waals surface area contributed by atoms with Crippen molar-refractivity contribution in [1.29, 1.82) is 0 Å². The number of hydrogen-bond acceptors (Lipinski definition) is 1. The first-order valence-corrected chi connectivity index (χ1v) is 7.61. The number of hydrogen-bond donors (Lipinski definition) is 1. The van der Waals surface area contributed by atoms with Crippen LogP contribution in [0.4, 0.5) is 0 Å². The SMILES string of the molecule is NC1CC=CC2CCC(CC3=CCCC=C3)CC12. The molecule has 2 N–H and O–H groups in total. The second kappa shape index (κ2) is 5.44. The van der Waals surface area contributed by atoms with Gasteiger partial charge >= 0.3 is 0 Å². The number of fused-ring (bicyclic) bond motifs is 1. The summed E-state index contributed by atoms with van der Waals surface area (Å²) in [6.45, 7) is 0. The van der Waals surface area contributed by atoms with E-state index in [1.54, 1.807) is 5.57 Å². The van der Waals surface area contributed by atoms with E-state index < -0.39 is 0 Å². The quantitative estimate of drug-likeness (QED) is 0.730. The Balaban J connectivity index is 1.61. The zero-order valence-corrected chi connectivity index (χ0v) is 11.2. The van der Waals surface area contributed by atoms with Crippen LogP contribution in [0.15, 0.2) is 36.0 Å². The maximum Gasteiger partial charge on any atom is 0.0108 e. The third-order valence-electron chi connectivity index (χ3n) is 5.00. The molecule has 18 heavy (non-hydrogen) atoms. The van der Waals surface area contributed by atoms with Gasteiger partial charge in [-0.25, -0.2) is 0 Å². The Morgan fingerprint density at radius 3 is 2.94 bits per heavy atom. The van der Waals surface area contributed by atoms with Crippen LogP contribution in [0, 0.1) is 17.8 Å². The summed E-state index contributed by atoms with van der Waals surface area (Å²) in [6, 6.07) is 0.415. The molecule has 0 amide bonds. The van der Waals surface area contributed by atoms with Gasteiger partial charge in [0.25, 0.3) is 0 Å². The molecule has 0 spiro atoms. The Bertz CT molecular complexity index is 377. The molecule has 3 rings (SSSR count). The summed E-state index contributed by atoms with van der Waals surface area (Å²) in [7, 11) is 0. The molecular weight excluding hydrogens is 218 g/mol. The molecule has 1 saturated carbocycles. The van der Waals surface area contributed by atoms with Crippen LogP contribution < -0.4 is 5.73 Å². The third-order valence-corrected chi connectivity index (χ3v) is 5.00. The van der Waals surface area contributed by atoms with Gasteiger partial charge in [0.15, 0.2) is 0 Å². The molecule has 0 saturated heterocycles. The van der Waals surface area contributed by atoms with Crippen molar-refractivity contribution in [2.24, 2.45) is 23.5 Å². The van der Waals surface area contributed by atoms with Gasteiger partial charge in [-0.1, -0.05) is 36.0 Å². The predicted molar refractivity (Wildman–Crippen MR) is 77.1 cm³/mol. The molecule has 0 heterocycles. The Hall–Kier alpha value is -0.820. The lowest BCUT2D eigenvalue weighted by molar-refractivity contribution is 0.175. The lowest BCUT2D eigenvalue weighted by Gasteiger charge is -2.40. The van der Waals surface area contributed by atoms with Crippen molar-refractivity contribution in [2.45, 2.75) is 51.0 Å². The summed E-state index contributed by atoms with van der Waals surface area (Å²) < 4.78 is 0. The minimum atomic E-state index is 0.415. The van der Waals surface area contributed by atoms with Crippen LogP contribution in [0.2, 0.25) is 0 Å². The summed E-state index contributed by atoms with van der Waals surface area (Å²) in [6.07, 6.45) is 20.8. The second-order valence-corrected chi connectivity index (χ2v) is 6.30. The van der Waals surface area contributed by atoms with Crippen LogP contribution in [0.3, 0.4) is 0 Å². The van der Waals surface area contributed by atoms with Gasteiger partial charge in [0.2, 0.25) is 0 Å². The van der Waals surface area contributed by atoms with Crippen molar-refractivity contribution < 1.29 is 0 Å². The van der Waals surface area contributed by atoms with E-state index in [-0.39, 0.29) is 0 Å². The lowest BCUT2D eigenvalue weighted by atomic mass is 9.67. The highest BCUT2D eigenvalue weighted by Crippen LogP contribution is 2.41. The molecule has 0 radical (unpaired) electrons. The molecule has 1 nitrogen and oxygen atoms in total. The van der Waals surface area contributed by atoms with Gasteiger partial charge in [-0.05, 0) is 62.7 Å². The highest BCUT2D eigenvalue weighted by Gasteiger charge is 2.34. The monoisotopic (exact) mass is 243 g/mol. The number of allylic oxidation sites excluding steroid dienone is 5. The van der Waals surface area contributed by atoms with Crippen molar-refractivity contribution >= 4 is 0 Å². The Morgan fingerprint density at radius 1 is 1.17 bits per heavy atom. The summed E-state index contributed by atoms with van der Waals surface area (Å²) in [5, 5.41) is 0. The molecular formula is C17H25N. The molecule has 0 aromatic rings. The van der Waals surface area contributed by atoms with E-state index in [0.717, 1.165) is 24.2 Å². The first-order valence-electron chi connectivity index (χ1n) is 7.61. The van der Waals surface area contributed by atoms with Crippen LogP contribution in [-0.4, -0.2) is 6.04 Å². The van der Waals surface area contributed by atoms with Crippen LogP contribution >= 0.6 is 0 Å². The minimum Gasteiger partial charge on any atom is -0.327 e. The molecule has 0 aliphatic heterocycles. The number of nitrogens with two attached hydrogens (primary N) is 1. The van der Waals surface area contributed by atoms with E-state index in [9.17, 15) is 0 Å². The fourth-order valence-corrected chi connectivity index (χ4v) is 3.97. The Kier molecular flexibility index (Phi) is 3.69. The van der Waals surface area contributed by atoms with Crippen molar-refractivity contribution in [2.75, 3.05) is 0 Å². The summed E-state index contributed by atoms with van der Waals surface area (Å²) >= 11 is 0. The second-order valence-electron chi connectivity index (χ2n) is 6.30. The van der Waals surface area contributed by atoms with E-state index >= 15 is 0 Å². The third kappa shape index (κ3) is 2.61. The molecule has 1 fully saturated rings. The van der Waals surface area contributed by atoms with E-state index in [1.165, 1.54) is 38.5 Å². The van der Waals surface area contributed by atoms with E-state index in [0.29, 0.717) is 6.04 Å². The van der Waals surface area contributed by atoms with Gasteiger partial charge in [-0.15, -0.1) is 0 Å². The molecule has 0 aromatic carbocycles. The van der Waals surface area contributed by atoms with Crippen molar-refractivity contribution in [3.05, 3.63) is 36.0 Å². The topological polar surface area (TPSA) is 26.0 Å². The summed E-state index contributed by atoms with van der Waals surface area (Å²) in [4.78, 5) is 0. The zero-order valence-electron chi connectivity index (χ0n) is 11.2. The first-order chi connectivity index (χ1) is 8.83.